The van der Waals surface area contributed by atoms with Gasteiger partial charge in [-0.25, -0.2) is 4.98 Å². The summed E-state index contributed by atoms with van der Waals surface area (Å²) in [5.41, 5.74) is 1.43. The second kappa shape index (κ2) is 8.11. The summed E-state index contributed by atoms with van der Waals surface area (Å²) in [7, 11) is 4.42. The van der Waals surface area contributed by atoms with Gasteiger partial charge in [-0.2, -0.15) is 0 Å². The largest absolute Gasteiger partial charge is 0.312 e. The van der Waals surface area contributed by atoms with Gasteiger partial charge < -0.3 is 10.2 Å². The Kier molecular flexibility index (Phi) is 7.13. The number of rotatable bonds is 9. The molecule has 0 bridgehead atoms. The van der Waals surface area contributed by atoms with Crippen molar-refractivity contribution in [1.29, 1.82) is 0 Å². The molecule has 116 valence electrons. The van der Waals surface area contributed by atoms with Gasteiger partial charge in [0.05, 0.1) is 10.7 Å². The van der Waals surface area contributed by atoms with Crippen LogP contribution in [0.5, 0.6) is 0 Å². The molecule has 1 aromatic rings. The molecule has 0 spiro atoms. The van der Waals surface area contributed by atoms with Crippen molar-refractivity contribution in [3.8, 4) is 0 Å². The van der Waals surface area contributed by atoms with Crippen molar-refractivity contribution in [2.24, 2.45) is 0 Å². The van der Waals surface area contributed by atoms with Crippen LogP contribution in [-0.2, 0) is 6.42 Å². The third kappa shape index (κ3) is 4.03. The third-order valence-corrected chi connectivity index (χ3v) is 5.31. The summed E-state index contributed by atoms with van der Waals surface area (Å²) in [5.74, 6) is 0. The maximum Gasteiger partial charge on any atom is 0.0897 e. The van der Waals surface area contributed by atoms with Crippen LogP contribution in [0.25, 0.3) is 0 Å². The highest BCUT2D eigenvalue weighted by Gasteiger charge is 2.37. The molecule has 1 N–H and O–H groups in total. The Morgan fingerprint density at radius 3 is 2.35 bits per heavy atom. The van der Waals surface area contributed by atoms with Crippen LogP contribution in [0.4, 0.5) is 0 Å². The lowest BCUT2D eigenvalue weighted by Crippen LogP contribution is -2.59. The van der Waals surface area contributed by atoms with Gasteiger partial charge in [-0.1, -0.05) is 20.8 Å². The monoisotopic (exact) mass is 297 g/mol. The van der Waals surface area contributed by atoms with Crippen molar-refractivity contribution >= 4 is 11.3 Å². The summed E-state index contributed by atoms with van der Waals surface area (Å²) in [5, 5.41) is 7.15. The molecule has 1 rings (SSSR count). The molecule has 1 unspecified atom stereocenters. The third-order valence-electron chi connectivity index (χ3n) is 4.48. The van der Waals surface area contributed by atoms with E-state index in [1.165, 1.54) is 12.1 Å². The minimum absolute atomic E-state index is 0.201. The van der Waals surface area contributed by atoms with Crippen LogP contribution >= 0.6 is 11.3 Å². The van der Waals surface area contributed by atoms with Gasteiger partial charge in [-0.3, -0.25) is 0 Å². The molecule has 20 heavy (non-hydrogen) atoms. The molecule has 0 saturated carbocycles. The molecule has 0 aromatic carbocycles. The molecule has 4 heteroatoms. The number of aromatic nitrogens is 1. The Morgan fingerprint density at radius 2 is 1.95 bits per heavy atom. The van der Waals surface area contributed by atoms with E-state index in [0.29, 0.717) is 6.04 Å². The molecule has 0 radical (unpaired) electrons. The number of nitrogens with zero attached hydrogens (tertiary/aromatic N) is 2. The van der Waals surface area contributed by atoms with E-state index in [4.69, 9.17) is 0 Å². The predicted molar refractivity (Wildman–Crippen MR) is 89.6 cm³/mol. The van der Waals surface area contributed by atoms with Crippen molar-refractivity contribution in [1.82, 2.24) is 15.2 Å². The van der Waals surface area contributed by atoms with Crippen LogP contribution in [0.1, 0.15) is 50.7 Å². The summed E-state index contributed by atoms with van der Waals surface area (Å²) in [4.78, 5) is 7.06. The molecule has 0 aliphatic carbocycles. The van der Waals surface area contributed by atoms with Gasteiger partial charge in [0.2, 0.25) is 0 Å². The first-order chi connectivity index (χ1) is 9.50. The summed E-state index contributed by atoms with van der Waals surface area (Å²) in [6.07, 6.45) is 4.50. The number of aryl methyl sites for hydroxylation is 1. The zero-order chi connectivity index (χ0) is 15.2. The molecule has 3 nitrogen and oxygen atoms in total. The molecule has 0 saturated heterocycles. The van der Waals surface area contributed by atoms with Gasteiger partial charge in [0, 0.05) is 23.4 Å². The molecule has 0 amide bonds. The summed E-state index contributed by atoms with van der Waals surface area (Å²) < 4.78 is 0. The molecule has 0 aliphatic heterocycles. The zero-order valence-electron chi connectivity index (χ0n) is 14.0. The lowest BCUT2D eigenvalue weighted by Gasteiger charge is -2.45. The lowest BCUT2D eigenvalue weighted by atomic mass is 9.81. The fourth-order valence-corrected chi connectivity index (χ4v) is 3.79. The Morgan fingerprint density at radius 1 is 1.30 bits per heavy atom. The highest BCUT2D eigenvalue weighted by atomic mass is 32.1. The summed E-state index contributed by atoms with van der Waals surface area (Å²) >= 11 is 1.75. The predicted octanol–water partition coefficient (Wildman–Crippen LogP) is 3.48. The molecule has 1 atom stereocenters. The fraction of sp³-hybridized carbons (Fsp3) is 0.812. The summed E-state index contributed by atoms with van der Waals surface area (Å²) in [6.45, 7) is 9.99. The average Bonchev–Trinajstić information content (AvgIpc) is 2.82. The van der Waals surface area contributed by atoms with E-state index in [-0.39, 0.29) is 5.54 Å². The van der Waals surface area contributed by atoms with Crippen molar-refractivity contribution < 1.29 is 0 Å². The first-order valence-corrected chi connectivity index (χ1v) is 8.69. The van der Waals surface area contributed by atoms with Crippen LogP contribution in [0, 0.1) is 6.92 Å². The molecule has 1 aromatic heterocycles. The Labute approximate surface area is 128 Å². The van der Waals surface area contributed by atoms with E-state index in [1.54, 1.807) is 11.3 Å². The van der Waals surface area contributed by atoms with Gasteiger partial charge in [-0.05, 0) is 46.8 Å². The first-order valence-electron chi connectivity index (χ1n) is 7.81. The number of likely N-dealkylation sites (N-methyl/N-ethyl adjacent to an activating group) is 1. The molecule has 0 fully saturated rings. The highest BCUT2D eigenvalue weighted by Crippen LogP contribution is 2.28. The fourth-order valence-electron chi connectivity index (χ4n) is 3.17. The lowest BCUT2D eigenvalue weighted by molar-refractivity contribution is 0.0878. The average molecular weight is 298 g/mol. The van der Waals surface area contributed by atoms with Crippen LogP contribution in [0.2, 0.25) is 0 Å². The number of hydrogen-bond donors (Lipinski definition) is 1. The first kappa shape index (κ1) is 17.6. The van der Waals surface area contributed by atoms with Crippen molar-refractivity contribution in [2.45, 2.75) is 65.0 Å². The normalized spacial score (nSPS) is 13.9. The summed E-state index contributed by atoms with van der Waals surface area (Å²) in [6, 6.07) is 0.453. The van der Waals surface area contributed by atoms with Crippen LogP contribution in [-0.4, -0.2) is 42.1 Å². The van der Waals surface area contributed by atoms with Crippen molar-refractivity contribution in [3.05, 3.63) is 16.1 Å². The molecule has 1 heterocycles. The zero-order valence-corrected chi connectivity index (χ0v) is 14.8. The smallest absolute Gasteiger partial charge is 0.0897 e. The minimum Gasteiger partial charge on any atom is -0.312 e. The van der Waals surface area contributed by atoms with Crippen molar-refractivity contribution in [2.75, 3.05) is 20.6 Å². The Balaban J connectivity index is 2.96. The van der Waals surface area contributed by atoms with Gasteiger partial charge in [0.15, 0.2) is 0 Å². The van der Waals surface area contributed by atoms with E-state index < -0.39 is 0 Å². The van der Waals surface area contributed by atoms with Crippen LogP contribution < -0.4 is 5.32 Å². The highest BCUT2D eigenvalue weighted by molar-refractivity contribution is 7.09. The van der Waals surface area contributed by atoms with E-state index in [9.17, 15) is 0 Å². The number of thiazole rings is 1. The number of hydrogen-bond acceptors (Lipinski definition) is 4. The van der Waals surface area contributed by atoms with E-state index in [0.717, 1.165) is 30.8 Å². The maximum absolute atomic E-state index is 4.66. The van der Waals surface area contributed by atoms with Crippen LogP contribution in [0.15, 0.2) is 5.38 Å². The topological polar surface area (TPSA) is 28.2 Å². The van der Waals surface area contributed by atoms with Gasteiger partial charge in [-0.15, -0.1) is 11.3 Å². The minimum atomic E-state index is 0.201. The maximum atomic E-state index is 4.66. The van der Waals surface area contributed by atoms with Gasteiger partial charge in [0.25, 0.3) is 0 Å². The Bertz CT molecular complexity index is 383. The van der Waals surface area contributed by atoms with Crippen LogP contribution in [0.3, 0.4) is 0 Å². The Hall–Kier alpha value is -0.450. The van der Waals surface area contributed by atoms with E-state index >= 15 is 0 Å². The SMILES string of the molecule is CCCNC(Cc1csc(C)n1)C(CC)(CC)N(C)C. The second-order valence-corrected chi connectivity index (χ2v) is 6.84. The van der Waals surface area contributed by atoms with E-state index in [2.05, 4.69) is 62.4 Å². The van der Waals surface area contributed by atoms with E-state index in [1.807, 2.05) is 0 Å². The number of nitrogens with one attached hydrogen (secondary N) is 1. The molecular formula is C16H31N3S. The quantitative estimate of drug-likeness (QED) is 0.756. The van der Waals surface area contributed by atoms with Gasteiger partial charge in [0.1, 0.15) is 0 Å². The second-order valence-electron chi connectivity index (χ2n) is 5.77. The molecular weight excluding hydrogens is 266 g/mol. The molecule has 0 aliphatic rings. The van der Waals surface area contributed by atoms with Gasteiger partial charge >= 0.3 is 0 Å². The van der Waals surface area contributed by atoms with Crippen molar-refractivity contribution in [3.63, 3.8) is 0 Å². The standard InChI is InChI=1S/C16H31N3S/c1-7-10-17-15(11-14-12-20-13(4)18-14)16(8-2,9-3)19(5)6/h12,15,17H,7-11H2,1-6H3.